The highest BCUT2D eigenvalue weighted by atomic mass is 16.3. The fraction of sp³-hybridized carbons (Fsp3) is 0.190. The summed E-state index contributed by atoms with van der Waals surface area (Å²) in [6.45, 7) is 2.00. The number of aliphatic hydroxyl groups excluding tert-OH is 1. The van der Waals surface area contributed by atoms with Gasteiger partial charge in [0.15, 0.2) is 0 Å². The molecule has 0 aliphatic carbocycles. The molecule has 2 fully saturated rings. The second-order valence-electron chi connectivity index (χ2n) is 6.84. The summed E-state index contributed by atoms with van der Waals surface area (Å²) in [6.07, 6.45) is 0. The molecule has 2 aliphatic heterocycles. The minimum absolute atomic E-state index is 0.0355. The number of amides is 2. The zero-order valence-corrected chi connectivity index (χ0v) is 15.1. The Bertz CT molecular complexity index is 1010. The Kier molecular flexibility index (Phi) is 4.05. The number of Topliss-reactive ketones (excluding diaryl/α,β-unsaturated/α-hetero) is 1. The van der Waals surface area contributed by atoms with Gasteiger partial charge in [-0.25, -0.2) is 0 Å². The molecule has 7 nitrogen and oxygen atoms in total. The van der Waals surface area contributed by atoms with E-state index in [9.17, 15) is 24.6 Å². The van der Waals surface area contributed by atoms with Crippen molar-refractivity contribution in [2.75, 3.05) is 18.0 Å². The number of ketones is 1. The number of rotatable bonds is 2. The van der Waals surface area contributed by atoms with Crippen LogP contribution in [0.3, 0.4) is 0 Å². The highest BCUT2D eigenvalue weighted by molar-refractivity contribution is 6.49. The summed E-state index contributed by atoms with van der Waals surface area (Å²) in [6, 6.07) is 15.1. The van der Waals surface area contributed by atoms with Crippen LogP contribution in [-0.4, -0.2) is 51.5 Å². The van der Waals surface area contributed by atoms with E-state index >= 15 is 0 Å². The highest BCUT2D eigenvalue weighted by Crippen LogP contribution is 2.40. The van der Waals surface area contributed by atoms with Gasteiger partial charge in [0.25, 0.3) is 23.3 Å². The Labute approximate surface area is 161 Å². The molecule has 2 heterocycles. The summed E-state index contributed by atoms with van der Waals surface area (Å²) in [5, 5.41) is 21.9. The van der Waals surface area contributed by atoms with Crippen molar-refractivity contribution in [3.8, 4) is 0 Å². The van der Waals surface area contributed by atoms with E-state index in [1.54, 1.807) is 30.3 Å². The summed E-state index contributed by atoms with van der Waals surface area (Å²) in [5.41, 5.74) is -1.38. The summed E-state index contributed by atoms with van der Waals surface area (Å²) in [7, 11) is 0. The summed E-state index contributed by atoms with van der Waals surface area (Å²) >= 11 is 0. The van der Waals surface area contributed by atoms with Crippen molar-refractivity contribution >= 4 is 29.0 Å². The fourth-order valence-electron chi connectivity index (χ4n) is 3.63. The third-order valence-electron chi connectivity index (χ3n) is 5.13. The zero-order chi connectivity index (χ0) is 20.1. The number of nitrogens with zero attached hydrogens (tertiary/aromatic N) is 2. The maximum absolute atomic E-state index is 13.2. The van der Waals surface area contributed by atoms with E-state index in [4.69, 9.17) is 0 Å². The van der Waals surface area contributed by atoms with Gasteiger partial charge in [-0.2, -0.15) is 0 Å². The van der Waals surface area contributed by atoms with E-state index in [2.05, 4.69) is 0 Å². The minimum atomic E-state index is -2.54. The molecular weight excluding hydrogens is 360 g/mol. The van der Waals surface area contributed by atoms with Gasteiger partial charge in [-0.15, -0.1) is 0 Å². The first-order chi connectivity index (χ1) is 13.4. The number of hydrogen-bond donors (Lipinski definition) is 2. The van der Waals surface area contributed by atoms with Crippen molar-refractivity contribution in [1.29, 1.82) is 0 Å². The van der Waals surface area contributed by atoms with Gasteiger partial charge in [-0.3, -0.25) is 19.3 Å². The van der Waals surface area contributed by atoms with Crippen LogP contribution in [-0.2, 0) is 14.4 Å². The molecule has 7 heteroatoms. The molecule has 0 saturated carbocycles. The van der Waals surface area contributed by atoms with E-state index in [-0.39, 0.29) is 18.7 Å². The number of carbonyl (C=O) groups is 3. The average Bonchev–Trinajstić information content (AvgIpc) is 2.90. The fourth-order valence-corrected chi connectivity index (χ4v) is 3.63. The Morgan fingerprint density at radius 3 is 2.25 bits per heavy atom. The Morgan fingerprint density at radius 2 is 1.61 bits per heavy atom. The Morgan fingerprint density at radius 1 is 0.964 bits per heavy atom. The molecule has 0 bridgehead atoms. The first kappa shape index (κ1) is 17.9. The van der Waals surface area contributed by atoms with Gasteiger partial charge >= 0.3 is 0 Å². The number of hydrogen-bond acceptors (Lipinski definition) is 5. The predicted molar refractivity (Wildman–Crippen MR) is 101 cm³/mol. The van der Waals surface area contributed by atoms with Crippen LogP contribution in [0.4, 0.5) is 5.69 Å². The number of anilines is 1. The lowest BCUT2D eigenvalue weighted by molar-refractivity contribution is -0.161. The molecule has 142 valence electrons. The number of benzene rings is 2. The third kappa shape index (κ3) is 2.44. The van der Waals surface area contributed by atoms with Crippen LogP contribution in [0.5, 0.6) is 0 Å². The molecule has 2 aromatic rings. The standard InChI is InChI=1S/C21H18N2O5/c1-13-7-9-15(10-8-13)22-11-12-23-19(26)18(25)16(21(23,28)20(22)27)17(24)14-5-3-2-4-6-14/h2-10,24,28H,11-12H2,1H3/b17-16-. The molecular formula is C21H18N2O5. The molecule has 0 radical (unpaired) electrons. The van der Waals surface area contributed by atoms with Crippen LogP contribution in [0.1, 0.15) is 11.1 Å². The van der Waals surface area contributed by atoms with Crippen LogP contribution >= 0.6 is 0 Å². The van der Waals surface area contributed by atoms with Gasteiger partial charge in [-0.05, 0) is 19.1 Å². The minimum Gasteiger partial charge on any atom is -0.507 e. The van der Waals surface area contributed by atoms with Crippen LogP contribution in [0, 0.1) is 6.92 Å². The van der Waals surface area contributed by atoms with E-state index in [1.165, 1.54) is 17.0 Å². The SMILES string of the molecule is Cc1ccc(N2CCN3C(=O)C(=O)/C(=C(/O)c4ccccc4)C3(O)C2=O)cc1. The van der Waals surface area contributed by atoms with E-state index in [1.807, 2.05) is 19.1 Å². The average molecular weight is 378 g/mol. The van der Waals surface area contributed by atoms with Crippen LogP contribution in [0.2, 0.25) is 0 Å². The van der Waals surface area contributed by atoms with E-state index in [0.717, 1.165) is 10.5 Å². The van der Waals surface area contributed by atoms with Gasteiger partial charge in [-0.1, -0.05) is 48.0 Å². The maximum atomic E-state index is 13.2. The molecule has 2 saturated heterocycles. The first-order valence-electron chi connectivity index (χ1n) is 8.82. The van der Waals surface area contributed by atoms with Gasteiger partial charge in [0, 0.05) is 24.3 Å². The summed E-state index contributed by atoms with van der Waals surface area (Å²) in [4.78, 5) is 40.4. The van der Waals surface area contributed by atoms with Gasteiger partial charge < -0.3 is 15.1 Å². The predicted octanol–water partition coefficient (Wildman–Crippen LogP) is 1.41. The maximum Gasteiger partial charge on any atom is 0.297 e. The molecule has 1 atom stereocenters. The monoisotopic (exact) mass is 378 g/mol. The molecule has 4 rings (SSSR count). The largest absolute Gasteiger partial charge is 0.507 e. The van der Waals surface area contributed by atoms with Gasteiger partial charge in [0.2, 0.25) is 0 Å². The van der Waals surface area contributed by atoms with Crippen molar-refractivity contribution in [2.45, 2.75) is 12.6 Å². The lowest BCUT2D eigenvalue weighted by Crippen LogP contribution is -2.65. The van der Waals surface area contributed by atoms with Gasteiger partial charge in [0.05, 0.1) is 0 Å². The second kappa shape index (κ2) is 6.31. The molecule has 0 aromatic heterocycles. The van der Waals surface area contributed by atoms with Crippen LogP contribution < -0.4 is 4.90 Å². The third-order valence-corrected chi connectivity index (χ3v) is 5.13. The molecule has 0 spiro atoms. The molecule has 1 unspecified atom stereocenters. The van der Waals surface area contributed by atoms with E-state index < -0.39 is 34.7 Å². The number of aliphatic hydroxyl groups is 2. The van der Waals surface area contributed by atoms with E-state index in [0.29, 0.717) is 5.69 Å². The first-order valence-corrected chi connectivity index (χ1v) is 8.82. The normalized spacial score (nSPS) is 23.9. The second-order valence-corrected chi connectivity index (χ2v) is 6.84. The van der Waals surface area contributed by atoms with Crippen molar-refractivity contribution in [2.24, 2.45) is 0 Å². The Balaban J connectivity index is 1.85. The lowest BCUT2D eigenvalue weighted by atomic mass is 9.95. The molecule has 28 heavy (non-hydrogen) atoms. The van der Waals surface area contributed by atoms with Crippen molar-refractivity contribution in [1.82, 2.24) is 4.90 Å². The topological polar surface area (TPSA) is 98.2 Å². The summed E-state index contributed by atoms with van der Waals surface area (Å²) < 4.78 is 0. The molecule has 2 aromatic carbocycles. The van der Waals surface area contributed by atoms with Crippen LogP contribution in [0.15, 0.2) is 60.2 Å². The highest BCUT2D eigenvalue weighted by Gasteiger charge is 2.63. The smallest absolute Gasteiger partial charge is 0.297 e. The zero-order valence-electron chi connectivity index (χ0n) is 15.1. The molecule has 2 amide bonds. The molecule has 2 N–H and O–H groups in total. The quantitative estimate of drug-likeness (QED) is 0.468. The number of piperazine rings is 1. The summed E-state index contributed by atoms with van der Waals surface area (Å²) in [5.74, 6) is -3.51. The van der Waals surface area contributed by atoms with Crippen molar-refractivity contribution in [3.63, 3.8) is 0 Å². The number of carbonyl (C=O) groups excluding carboxylic acids is 3. The van der Waals surface area contributed by atoms with Crippen molar-refractivity contribution in [3.05, 3.63) is 71.3 Å². The van der Waals surface area contributed by atoms with Gasteiger partial charge in [0.1, 0.15) is 11.3 Å². The van der Waals surface area contributed by atoms with Crippen LogP contribution in [0.25, 0.3) is 5.76 Å². The van der Waals surface area contributed by atoms with Crippen molar-refractivity contribution < 1.29 is 24.6 Å². The Hall–Kier alpha value is -3.45. The number of aryl methyl sites for hydroxylation is 1. The molecule has 2 aliphatic rings. The number of fused-ring (bicyclic) bond motifs is 1. The lowest BCUT2D eigenvalue weighted by Gasteiger charge is -2.42.